The number of nitrogen functional groups attached to an aromatic ring is 1. The van der Waals surface area contributed by atoms with Crippen molar-refractivity contribution in [3.8, 4) is 0 Å². The van der Waals surface area contributed by atoms with Gasteiger partial charge in [-0.1, -0.05) is 29.8 Å². The van der Waals surface area contributed by atoms with Crippen molar-refractivity contribution < 1.29 is 8.78 Å². The van der Waals surface area contributed by atoms with Gasteiger partial charge in [0, 0.05) is 21.7 Å². The van der Waals surface area contributed by atoms with Gasteiger partial charge in [0.2, 0.25) is 0 Å². The summed E-state index contributed by atoms with van der Waals surface area (Å²) in [6.07, 6.45) is 0. The minimum Gasteiger partial charge on any atom is -0.395 e. The maximum absolute atomic E-state index is 13.2. The van der Waals surface area contributed by atoms with Crippen LogP contribution in [0.5, 0.6) is 0 Å². The fourth-order valence-corrected chi connectivity index (χ4v) is 2.74. The molecular weight excluding hydrogens is 276 g/mol. The summed E-state index contributed by atoms with van der Waals surface area (Å²) in [5.74, 6) is -0.868. The Morgan fingerprint density at radius 2 is 1.89 bits per heavy atom. The van der Waals surface area contributed by atoms with Gasteiger partial charge in [-0.25, -0.2) is 8.78 Å². The van der Waals surface area contributed by atoms with Crippen molar-refractivity contribution in [3.05, 3.63) is 58.6 Å². The van der Waals surface area contributed by atoms with Crippen LogP contribution in [-0.4, -0.2) is 0 Å². The first-order valence-corrected chi connectivity index (χ1v) is 6.55. The molecule has 0 saturated heterocycles. The highest BCUT2D eigenvalue weighted by molar-refractivity contribution is 7.98. The molecule has 0 unspecified atom stereocenters. The molecule has 0 spiro atoms. The molecule has 0 aromatic heterocycles. The Balaban J connectivity index is 2.18. The smallest absolute Gasteiger partial charge is 0.150 e. The molecule has 18 heavy (non-hydrogen) atoms. The van der Waals surface area contributed by atoms with E-state index in [1.165, 1.54) is 17.8 Å². The Kier molecular flexibility index (Phi) is 4.09. The van der Waals surface area contributed by atoms with E-state index in [4.69, 9.17) is 17.3 Å². The second-order valence-electron chi connectivity index (χ2n) is 3.68. The predicted octanol–water partition coefficient (Wildman–Crippen LogP) is 4.49. The van der Waals surface area contributed by atoms with Crippen LogP contribution in [0.25, 0.3) is 0 Å². The van der Waals surface area contributed by atoms with Crippen LogP contribution in [0.15, 0.2) is 41.3 Å². The van der Waals surface area contributed by atoms with Crippen LogP contribution in [-0.2, 0) is 5.75 Å². The largest absolute Gasteiger partial charge is 0.395 e. The number of thioether (sulfide) groups is 1. The van der Waals surface area contributed by atoms with Gasteiger partial charge >= 0.3 is 0 Å². The highest BCUT2D eigenvalue weighted by atomic mass is 35.5. The monoisotopic (exact) mass is 285 g/mol. The molecule has 0 aliphatic rings. The van der Waals surface area contributed by atoms with Gasteiger partial charge in [-0.15, -0.1) is 11.8 Å². The van der Waals surface area contributed by atoms with E-state index in [1.54, 1.807) is 6.07 Å². The molecule has 0 atom stereocenters. The summed E-state index contributed by atoms with van der Waals surface area (Å²) in [5.41, 5.74) is 6.42. The first-order valence-electron chi connectivity index (χ1n) is 5.18. The van der Waals surface area contributed by atoms with E-state index >= 15 is 0 Å². The summed E-state index contributed by atoms with van der Waals surface area (Å²) >= 11 is 7.25. The molecule has 1 nitrogen and oxygen atoms in total. The van der Waals surface area contributed by atoms with Crippen molar-refractivity contribution in [2.75, 3.05) is 5.73 Å². The fourth-order valence-electron chi connectivity index (χ4n) is 1.45. The van der Waals surface area contributed by atoms with E-state index in [2.05, 4.69) is 0 Å². The summed E-state index contributed by atoms with van der Waals surface area (Å²) in [7, 11) is 0. The van der Waals surface area contributed by atoms with E-state index < -0.39 is 11.6 Å². The molecule has 0 bridgehead atoms. The summed E-state index contributed by atoms with van der Waals surface area (Å²) < 4.78 is 26.3. The van der Waals surface area contributed by atoms with E-state index in [0.29, 0.717) is 15.7 Å². The molecule has 0 saturated carbocycles. The average Bonchev–Trinajstić information content (AvgIpc) is 2.33. The van der Waals surface area contributed by atoms with E-state index in [9.17, 15) is 8.78 Å². The number of nitrogens with two attached hydrogens (primary N) is 1. The van der Waals surface area contributed by atoms with Crippen LogP contribution < -0.4 is 5.73 Å². The first kappa shape index (κ1) is 13.2. The lowest BCUT2D eigenvalue weighted by Gasteiger charge is -2.07. The SMILES string of the molecule is Nc1c(F)cc(F)cc1SCc1ccccc1Cl. The van der Waals surface area contributed by atoms with Crippen LogP contribution in [0.4, 0.5) is 14.5 Å². The van der Waals surface area contributed by atoms with Crippen LogP contribution in [0.1, 0.15) is 5.56 Å². The summed E-state index contributed by atoms with van der Waals surface area (Å²) in [4.78, 5) is 0.382. The molecule has 2 N–H and O–H groups in total. The third kappa shape index (κ3) is 2.94. The lowest BCUT2D eigenvalue weighted by atomic mass is 10.2. The second-order valence-corrected chi connectivity index (χ2v) is 5.10. The molecule has 0 aliphatic heterocycles. The van der Waals surface area contributed by atoms with Crippen molar-refractivity contribution in [3.63, 3.8) is 0 Å². The van der Waals surface area contributed by atoms with Crippen LogP contribution in [0, 0.1) is 11.6 Å². The number of hydrogen-bond donors (Lipinski definition) is 1. The van der Waals surface area contributed by atoms with Crippen molar-refractivity contribution in [1.82, 2.24) is 0 Å². The Hall–Kier alpha value is -1.26. The van der Waals surface area contributed by atoms with Crippen LogP contribution in [0.3, 0.4) is 0 Å². The zero-order valence-corrected chi connectivity index (χ0v) is 10.9. The van der Waals surface area contributed by atoms with Crippen molar-refractivity contribution >= 4 is 29.1 Å². The summed E-state index contributed by atoms with van der Waals surface area (Å²) in [6, 6.07) is 9.31. The molecule has 5 heteroatoms. The number of halogens is 3. The molecule has 0 radical (unpaired) electrons. The number of anilines is 1. The predicted molar refractivity (Wildman–Crippen MR) is 71.8 cm³/mol. The lowest BCUT2D eigenvalue weighted by Crippen LogP contribution is -1.95. The number of benzene rings is 2. The molecular formula is C13H10ClF2NS. The first-order chi connectivity index (χ1) is 8.58. The molecule has 2 aromatic rings. The molecule has 0 fully saturated rings. The van der Waals surface area contributed by atoms with Crippen molar-refractivity contribution in [2.45, 2.75) is 10.6 Å². The normalized spacial score (nSPS) is 10.6. The van der Waals surface area contributed by atoms with Crippen LogP contribution in [0.2, 0.25) is 5.02 Å². The Labute approximate surface area is 113 Å². The third-order valence-corrected chi connectivity index (χ3v) is 3.87. The Bertz CT molecular complexity index is 575. The average molecular weight is 286 g/mol. The van der Waals surface area contributed by atoms with Gasteiger partial charge < -0.3 is 5.73 Å². The summed E-state index contributed by atoms with van der Waals surface area (Å²) in [6.45, 7) is 0. The maximum atomic E-state index is 13.2. The van der Waals surface area contributed by atoms with E-state index in [-0.39, 0.29) is 5.69 Å². The fraction of sp³-hybridized carbons (Fsp3) is 0.0769. The van der Waals surface area contributed by atoms with Gasteiger partial charge in [0.1, 0.15) is 11.6 Å². The van der Waals surface area contributed by atoms with E-state index in [1.807, 2.05) is 18.2 Å². The Morgan fingerprint density at radius 3 is 2.61 bits per heavy atom. The standard InChI is InChI=1S/C13H10ClF2NS/c14-10-4-2-1-3-8(10)7-18-12-6-9(15)5-11(16)13(12)17/h1-6H,7,17H2. The zero-order chi connectivity index (χ0) is 13.1. The number of rotatable bonds is 3. The van der Waals surface area contributed by atoms with Gasteiger partial charge in [-0.2, -0.15) is 0 Å². The molecule has 2 aromatic carbocycles. The minimum atomic E-state index is -0.739. The minimum absolute atomic E-state index is 0.0338. The van der Waals surface area contributed by atoms with Gasteiger partial charge in [0.25, 0.3) is 0 Å². The van der Waals surface area contributed by atoms with Gasteiger partial charge in [-0.3, -0.25) is 0 Å². The molecule has 0 amide bonds. The third-order valence-electron chi connectivity index (χ3n) is 2.40. The van der Waals surface area contributed by atoms with Crippen LogP contribution >= 0.6 is 23.4 Å². The lowest BCUT2D eigenvalue weighted by molar-refractivity contribution is 0.581. The maximum Gasteiger partial charge on any atom is 0.150 e. The highest BCUT2D eigenvalue weighted by Crippen LogP contribution is 2.32. The van der Waals surface area contributed by atoms with Gasteiger partial charge in [0.05, 0.1) is 5.69 Å². The van der Waals surface area contributed by atoms with Gasteiger partial charge in [-0.05, 0) is 17.7 Å². The van der Waals surface area contributed by atoms with E-state index in [0.717, 1.165) is 11.6 Å². The quantitative estimate of drug-likeness (QED) is 0.664. The number of hydrogen-bond acceptors (Lipinski definition) is 2. The molecule has 94 valence electrons. The molecule has 0 aliphatic carbocycles. The molecule has 0 heterocycles. The highest BCUT2D eigenvalue weighted by Gasteiger charge is 2.09. The molecule has 2 rings (SSSR count). The van der Waals surface area contributed by atoms with Gasteiger partial charge in [0.15, 0.2) is 0 Å². The topological polar surface area (TPSA) is 26.0 Å². The Morgan fingerprint density at radius 1 is 1.17 bits per heavy atom. The van der Waals surface area contributed by atoms with Crippen molar-refractivity contribution in [1.29, 1.82) is 0 Å². The second kappa shape index (κ2) is 5.59. The van der Waals surface area contributed by atoms with Crippen molar-refractivity contribution in [2.24, 2.45) is 0 Å². The summed E-state index contributed by atoms with van der Waals surface area (Å²) in [5, 5.41) is 0.625. The zero-order valence-electron chi connectivity index (χ0n) is 9.29.